The van der Waals surface area contributed by atoms with Crippen LogP contribution >= 0.6 is 0 Å². The highest BCUT2D eigenvalue weighted by Crippen LogP contribution is 2.32. The molecule has 6 heteroatoms. The van der Waals surface area contributed by atoms with Crippen molar-refractivity contribution >= 4 is 17.6 Å². The molecule has 2 rings (SSSR count). The summed E-state index contributed by atoms with van der Waals surface area (Å²) in [5.74, 6) is -1.38. The maximum atomic E-state index is 12.3. The van der Waals surface area contributed by atoms with Gasteiger partial charge in [-0.1, -0.05) is 6.92 Å². The molecular formula is C14H18N2O4. The highest BCUT2D eigenvalue weighted by Gasteiger charge is 2.41. The van der Waals surface area contributed by atoms with Crippen LogP contribution in [0, 0.1) is 11.8 Å². The Balaban J connectivity index is 2.12. The van der Waals surface area contributed by atoms with Gasteiger partial charge in [0.1, 0.15) is 0 Å². The van der Waals surface area contributed by atoms with Gasteiger partial charge in [-0.25, -0.2) is 4.79 Å². The largest absolute Gasteiger partial charge is 0.478 e. The maximum absolute atomic E-state index is 12.3. The topological polar surface area (TPSA) is 88.5 Å². The minimum Gasteiger partial charge on any atom is -0.478 e. The molecule has 1 aromatic heterocycles. The average Bonchev–Trinajstić information content (AvgIpc) is 2.63. The molecule has 0 spiro atoms. The molecule has 1 saturated heterocycles. The molecule has 1 aliphatic heterocycles. The second-order valence-electron chi connectivity index (χ2n) is 5.19. The lowest BCUT2D eigenvalue weighted by Crippen LogP contribution is -2.32. The molecule has 0 aromatic carbocycles. The minimum absolute atomic E-state index is 0.0317. The van der Waals surface area contributed by atoms with Crippen LogP contribution in [0.3, 0.4) is 0 Å². The van der Waals surface area contributed by atoms with Gasteiger partial charge in [0, 0.05) is 6.20 Å². The van der Waals surface area contributed by atoms with E-state index in [4.69, 9.17) is 9.84 Å². The van der Waals surface area contributed by atoms with E-state index in [0.29, 0.717) is 5.69 Å². The van der Waals surface area contributed by atoms with Crippen LogP contribution in [-0.4, -0.2) is 34.2 Å². The van der Waals surface area contributed by atoms with Crippen molar-refractivity contribution in [2.45, 2.75) is 33.0 Å². The lowest BCUT2D eigenvalue weighted by atomic mass is 9.89. The third-order valence-corrected chi connectivity index (χ3v) is 3.80. The normalized spacial score (nSPS) is 29.1. The van der Waals surface area contributed by atoms with Crippen LogP contribution in [0.25, 0.3) is 0 Å². The van der Waals surface area contributed by atoms with E-state index in [2.05, 4.69) is 10.3 Å². The van der Waals surface area contributed by atoms with Crippen LogP contribution in [0.4, 0.5) is 5.69 Å². The average molecular weight is 278 g/mol. The summed E-state index contributed by atoms with van der Waals surface area (Å²) in [4.78, 5) is 27.0. The van der Waals surface area contributed by atoms with Crippen LogP contribution in [0.1, 0.15) is 31.1 Å². The summed E-state index contributed by atoms with van der Waals surface area (Å²) in [5.41, 5.74) is 0.425. The van der Waals surface area contributed by atoms with Gasteiger partial charge >= 0.3 is 5.97 Å². The maximum Gasteiger partial charge on any atom is 0.337 e. The zero-order chi connectivity index (χ0) is 14.9. The molecule has 108 valence electrons. The quantitative estimate of drug-likeness (QED) is 0.879. The molecule has 6 nitrogen and oxygen atoms in total. The number of carboxylic acid groups (broad SMARTS) is 1. The fourth-order valence-corrected chi connectivity index (χ4v) is 2.57. The fourth-order valence-electron chi connectivity index (χ4n) is 2.57. The summed E-state index contributed by atoms with van der Waals surface area (Å²) in [5, 5.41) is 11.6. The second-order valence-corrected chi connectivity index (χ2v) is 5.19. The van der Waals surface area contributed by atoms with E-state index in [9.17, 15) is 9.59 Å². The number of hydrogen-bond donors (Lipinski definition) is 2. The number of anilines is 1. The molecule has 20 heavy (non-hydrogen) atoms. The van der Waals surface area contributed by atoms with Crippen molar-refractivity contribution in [1.82, 2.24) is 4.98 Å². The highest BCUT2D eigenvalue weighted by molar-refractivity contribution is 5.95. The lowest BCUT2D eigenvalue weighted by molar-refractivity contribution is -0.121. The van der Waals surface area contributed by atoms with E-state index in [-0.39, 0.29) is 35.5 Å². The number of aromatic nitrogens is 1. The van der Waals surface area contributed by atoms with E-state index in [1.165, 1.54) is 18.5 Å². The molecule has 1 aliphatic rings. The van der Waals surface area contributed by atoms with Gasteiger partial charge in [-0.2, -0.15) is 0 Å². The van der Waals surface area contributed by atoms with Crippen LogP contribution in [0.2, 0.25) is 0 Å². The Morgan fingerprint density at radius 2 is 1.95 bits per heavy atom. The van der Waals surface area contributed by atoms with Gasteiger partial charge in [0.15, 0.2) is 0 Å². The summed E-state index contributed by atoms with van der Waals surface area (Å²) in [7, 11) is 0. The summed E-state index contributed by atoms with van der Waals surface area (Å²) in [6, 6.07) is 1.39. The molecule has 0 bridgehead atoms. The number of carbonyl (C=O) groups excluding carboxylic acids is 1. The Kier molecular flexibility index (Phi) is 4.04. The molecule has 1 fully saturated rings. The molecule has 4 unspecified atom stereocenters. The molecule has 4 atom stereocenters. The summed E-state index contributed by atoms with van der Waals surface area (Å²) in [6.45, 7) is 5.79. The van der Waals surface area contributed by atoms with Gasteiger partial charge < -0.3 is 15.2 Å². The van der Waals surface area contributed by atoms with E-state index < -0.39 is 5.97 Å². The third kappa shape index (κ3) is 2.80. The van der Waals surface area contributed by atoms with Crippen molar-refractivity contribution < 1.29 is 19.4 Å². The number of carbonyl (C=O) groups is 2. The molecule has 0 aliphatic carbocycles. The molecule has 1 aromatic rings. The first kappa shape index (κ1) is 14.5. The number of pyridine rings is 1. The zero-order valence-corrected chi connectivity index (χ0v) is 11.7. The summed E-state index contributed by atoms with van der Waals surface area (Å²) >= 11 is 0. The van der Waals surface area contributed by atoms with Crippen molar-refractivity contribution in [2.75, 3.05) is 5.32 Å². The van der Waals surface area contributed by atoms with Gasteiger partial charge in [0.05, 0.1) is 35.6 Å². The number of carboxylic acids is 1. The van der Waals surface area contributed by atoms with Crippen LogP contribution in [0.5, 0.6) is 0 Å². The Labute approximate surface area is 117 Å². The lowest BCUT2D eigenvalue weighted by Gasteiger charge is -2.17. The van der Waals surface area contributed by atoms with Crippen molar-refractivity contribution in [1.29, 1.82) is 0 Å². The summed E-state index contributed by atoms with van der Waals surface area (Å²) in [6.07, 6.45) is 2.54. The number of ether oxygens (including phenoxy) is 1. The molecule has 2 heterocycles. The van der Waals surface area contributed by atoms with Crippen LogP contribution < -0.4 is 5.32 Å². The van der Waals surface area contributed by atoms with Gasteiger partial charge in [0.2, 0.25) is 5.91 Å². The molecule has 2 N–H and O–H groups in total. The molecule has 0 saturated carbocycles. The van der Waals surface area contributed by atoms with E-state index in [0.717, 1.165) is 0 Å². The van der Waals surface area contributed by atoms with Gasteiger partial charge in [0.25, 0.3) is 0 Å². The Bertz CT molecular complexity index is 532. The smallest absolute Gasteiger partial charge is 0.337 e. The van der Waals surface area contributed by atoms with E-state index in [1.54, 1.807) is 0 Å². The SMILES string of the molecule is CC1OC(C)C(C(=O)Nc2cncc(C(=O)O)c2)C1C. The molecular weight excluding hydrogens is 260 g/mol. The van der Waals surface area contributed by atoms with Crippen molar-refractivity contribution in [2.24, 2.45) is 11.8 Å². The van der Waals surface area contributed by atoms with Crippen molar-refractivity contribution in [3.8, 4) is 0 Å². The Morgan fingerprint density at radius 3 is 2.50 bits per heavy atom. The Hall–Kier alpha value is -1.95. The van der Waals surface area contributed by atoms with Gasteiger partial charge in [-0.05, 0) is 25.8 Å². The Morgan fingerprint density at radius 1 is 1.25 bits per heavy atom. The number of amides is 1. The zero-order valence-electron chi connectivity index (χ0n) is 11.7. The summed E-state index contributed by atoms with van der Waals surface area (Å²) < 4.78 is 5.64. The second kappa shape index (κ2) is 5.58. The first-order valence-corrected chi connectivity index (χ1v) is 6.55. The van der Waals surface area contributed by atoms with E-state index >= 15 is 0 Å². The predicted molar refractivity (Wildman–Crippen MR) is 72.5 cm³/mol. The van der Waals surface area contributed by atoms with Crippen LogP contribution in [-0.2, 0) is 9.53 Å². The van der Waals surface area contributed by atoms with Gasteiger partial charge in [-0.3, -0.25) is 9.78 Å². The number of hydrogen-bond acceptors (Lipinski definition) is 4. The number of nitrogens with zero attached hydrogens (tertiary/aromatic N) is 1. The van der Waals surface area contributed by atoms with E-state index in [1.807, 2.05) is 20.8 Å². The first-order valence-electron chi connectivity index (χ1n) is 6.55. The molecule has 0 radical (unpaired) electrons. The van der Waals surface area contributed by atoms with Crippen molar-refractivity contribution in [3.63, 3.8) is 0 Å². The number of nitrogens with one attached hydrogen (secondary N) is 1. The van der Waals surface area contributed by atoms with Gasteiger partial charge in [-0.15, -0.1) is 0 Å². The number of rotatable bonds is 3. The monoisotopic (exact) mass is 278 g/mol. The van der Waals surface area contributed by atoms with Crippen molar-refractivity contribution in [3.05, 3.63) is 24.0 Å². The standard InChI is InChI=1S/C14H18N2O4/c1-7-8(2)20-9(3)12(7)13(17)16-11-4-10(14(18)19)5-15-6-11/h4-9,12H,1-3H3,(H,16,17)(H,18,19). The fraction of sp³-hybridized carbons (Fsp3) is 0.500. The first-order chi connectivity index (χ1) is 9.40. The third-order valence-electron chi connectivity index (χ3n) is 3.80. The molecule has 1 amide bonds. The number of aromatic carboxylic acids is 1. The minimum atomic E-state index is -1.08. The predicted octanol–water partition coefficient (Wildman–Crippen LogP) is 1.78. The van der Waals surface area contributed by atoms with Crippen LogP contribution in [0.15, 0.2) is 18.5 Å². The highest BCUT2D eigenvalue weighted by atomic mass is 16.5.